The number of piperidine rings is 1. The van der Waals surface area contributed by atoms with E-state index < -0.39 is 0 Å². The minimum absolute atomic E-state index is 0. The summed E-state index contributed by atoms with van der Waals surface area (Å²) in [5.74, 6) is 1.60. The molecule has 0 saturated carbocycles. The molecule has 2 heterocycles. The zero-order valence-corrected chi connectivity index (χ0v) is 13.2. The standard InChI is InChI=1S/C16H22N2O2.ClH/c1-2-20-14-4-3-13-11-18(16(19)15(13)9-14)10-12-5-7-17-8-6-12;/h3-4,9,12,17H,2,5-8,10-11H2,1H3;1H. The molecule has 2 aliphatic rings. The highest BCUT2D eigenvalue weighted by Crippen LogP contribution is 2.28. The van der Waals surface area contributed by atoms with Crippen molar-refractivity contribution in [3.05, 3.63) is 29.3 Å². The smallest absolute Gasteiger partial charge is 0.254 e. The second kappa shape index (κ2) is 7.14. The van der Waals surface area contributed by atoms with E-state index in [0.29, 0.717) is 12.5 Å². The summed E-state index contributed by atoms with van der Waals surface area (Å²) in [6, 6.07) is 5.88. The van der Waals surface area contributed by atoms with E-state index in [-0.39, 0.29) is 18.3 Å². The lowest BCUT2D eigenvalue weighted by molar-refractivity contribution is 0.0740. The Bertz CT molecular complexity index is 501. The average Bonchev–Trinajstić information content (AvgIpc) is 2.77. The molecule has 0 aromatic heterocycles. The number of rotatable bonds is 4. The van der Waals surface area contributed by atoms with E-state index in [4.69, 9.17) is 4.74 Å². The van der Waals surface area contributed by atoms with Gasteiger partial charge in [-0.15, -0.1) is 12.4 Å². The topological polar surface area (TPSA) is 41.6 Å². The minimum Gasteiger partial charge on any atom is -0.494 e. The highest BCUT2D eigenvalue weighted by atomic mass is 35.5. The van der Waals surface area contributed by atoms with Gasteiger partial charge in [0, 0.05) is 18.7 Å². The maximum absolute atomic E-state index is 12.5. The van der Waals surface area contributed by atoms with E-state index in [2.05, 4.69) is 5.32 Å². The maximum atomic E-state index is 12.5. The molecule has 0 spiro atoms. The summed E-state index contributed by atoms with van der Waals surface area (Å²) < 4.78 is 5.49. The summed E-state index contributed by atoms with van der Waals surface area (Å²) in [6.07, 6.45) is 2.34. The lowest BCUT2D eigenvalue weighted by Crippen LogP contribution is -2.36. The number of fused-ring (bicyclic) bond motifs is 1. The molecular formula is C16H23ClN2O2. The number of nitrogens with zero attached hydrogens (tertiary/aromatic N) is 1. The largest absolute Gasteiger partial charge is 0.494 e. The summed E-state index contributed by atoms with van der Waals surface area (Å²) in [5.41, 5.74) is 1.96. The van der Waals surface area contributed by atoms with Gasteiger partial charge in [-0.2, -0.15) is 0 Å². The zero-order chi connectivity index (χ0) is 13.9. The fraction of sp³-hybridized carbons (Fsp3) is 0.562. The van der Waals surface area contributed by atoms with Crippen LogP contribution in [0.2, 0.25) is 0 Å². The number of ether oxygens (including phenoxy) is 1. The van der Waals surface area contributed by atoms with Crippen molar-refractivity contribution in [2.75, 3.05) is 26.2 Å². The highest BCUT2D eigenvalue weighted by Gasteiger charge is 2.29. The van der Waals surface area contributed by atoms with Gasteiger partial charge in [0.05, 0.1) is 6.61 Å². The van der Waals surface area contributed by atoms with Crippen LogP contribution >= 0.6 is 12.4 Å². The third-order valence-electron chi connectivity index (χ3n) is 4.21. The van der Waals surface area contributed by atoms with Crippen LogP contribution in [0, 0.1) is 5.92 Å². The number of nitrogens with one attached hydrogen (secondary N) is 1. The zero-order valence-electron chi connectivity index (χ0n) is 12.4. The first kappa shape index (κ1) is 16.1. The summed E-state index contributed by atoms with van der Waals surface area (Å²) in [7, 11) is 0. The van der Waals surface area contributed by atoms with Crippen molar-refractivity contribution in [2.45, 2.75) is 26.3 Å². The molecule has 4 nitrogen and oxygen atoms in total. The second-order valence-electron chi connectivity index (χ2n) is 5.63. The Kier molecular flexibility index (Phi) is 5.48. The van der Waals surface area contributed by atoms with Crippen molar-refractivity contribution in [3.8, 4) is 5.75 Å². The quantitative estimate of drug-likeness (QED) is 0.929. The third kappa shape index (κ3) is 3.50. The molecular weight excluding hydrogens is 288 g/mol. The molecule has 1 aromatic carbocycles. The molecule has 1 fully saturated rings. The van der Waals surface area contributed by atoms with Crippen molar-refractivity contribution in [2.24, 2.45) is 5.92 Å². The highest BCUT2D eigenvalue weighted by molar-refractivity contribution is 5.98. The lowest BCUT2D eigenvalue weighted by Gasteiger charge is -2.27. The van der Waals surface area contributed by atoms with Crippen molar-refractivity contribution in [1.82, 2.24) is 10.2 Å². The van der Waals surface area contributed by atoms with Crippen molar-refractivity contribution in [1.29, 1.82) is 0 Å². The first-order chi connectivity index (χ1) is 9.78. The fourth-order valence-corrected chi connectivity index (χ4v) is 3.12. The van der Waals surface area contributed by atoms with E-state index in [1.54, 1.807) is 0 Å². The van der Waals surface area contributed by atoms with Gasteiger partial charge in [0.2, 0.25) is 0 Å². The van der Waals surface area contributed by atoms with E-state index in [1.165, 1.54) is 12.8 Å². The Morgan fingerprint density at radius 2 is 2.10 bits per heavy atom. The molecule has 0 unspecified atom stereocenters. The van der Waals surface area contributed by atoms with Crippen LogP contribution in [-0.4, -0.2) is 37.0 Å². The van der Waals surface area contributed by atoms with Crippen molar-refractivity contribution < 1.29 is 9.53 Å². The lowest BCUT2D eigenvalue weighted by atomic mass is 9.98. The van der Waals surface area contributed by atoms with Gasteiger partial charge in [-0.05, 0) is 56.5 Å². The SMILES string of the molecule is CCOc1ccc2c(c1)C(=O)N(CC1CCNCC1)C2.Cl. The Hall–Kier alpha value is -1.26. The summed E-state index contributed by atoms with van der Waals surface area (Å²) >= 11 is 0. The fourth-order valence-electron chi connectivity index (χ4n) is 3.12. The number of carbonyl (C=O) groups excluding carboxylic acids is 1. The van der Waals surface area contributed by atoms with E-state index in [1.807, 2.05) is 30.0 Å². The molecule has 5 heteroatoms. The van der Waals surface area contributed by atoms with Crippen LogP contribution in [0.4, 0.5) is 0 Å². The van der Waals surface area contributed by atoms with Crippen LogP contribution < -0.4 is 10.1 Å². The first-order valence-corrected chi connectivity index (χ1v) is 7.53. The van der Waals surface area contributed by atoms with Crippen molar-refractivity contribution in [3.63, 3.8) is 0 Å². The number of benzene rings is 1. The maximum Gasteiger partial charge on any atom is 0.254 e. The number of amides is 1. The van der Waals surface area contributed by atoms with Gasteiger partial charge < -0.3 is 15.0 Å². The van der Waals surface area contributed by atoms with Crippen molar-refractivity contribution >= 4 is 18.3 Å². The van der Waals surface area contributed by atoms with E-state index in [9.17, 15) is 4.79 Å². The predicted molar refractivity (Wildman–Crippen MR) is 85.2 cm³/mol. The molecule has 21 heavy (non-hydrogen) atoms. The molecule has 1 amide bonds. The minimum atomic E-state index is 0. The summed E-state index contributed by atoms with van der Waals surface area (Å²) in [4.78, 5) is 14.5. The molecule has 0 radical (unpaired) electrons. The molecule has 116 valence electrons. The Labute approximate surface area is 132 Å². The summed E-state index contributed by atoms with van der Waals surface area (Å²) in [6.45, 7) is 6.39. The third-order valence-corrected chi connectivity index (χ3v) is 4.21. The average molecular weight is 311 g/mol. The molecule has 0 atom stereocenters. The van der Waals surface area contributed by atoms with Gasteiger partial charge in [-0.3, -0.25) is 4.79 Å². The van der Waals surface area contributed by atoms with Gasteiger partial charge >= 0.3 is 0 Å². The van der Waals surface area contributed by atoms with E-state index in [0.717, 1.165) is 43.1 Å². The van der Waals surface area contributed by atoms with Gasteiger partial charge in [0.25, 0.3) is 5.91 Å². The predicted octanol–water partition coefficient (Wildman–Crippen LogP) is 2.46. The van der Waals surface area contributed by atoms with Crippen LogP contribution in [0.3, 0.4) is 0 Å². The molecule has 0 aliphatic carbocycles. The van der Waals surface area contributed by atoms with Gasteiger partial charge in [-0.25, -0.2) is 0 Å². The first-order valence-electron chi connectivity index (χ1n) is 7.53. The second-order valence-corrected chi connectivity index (χ2v) is 5.63. The molecule has 2 aliphatic heterocycles. The Balaban J connectivity index is 0.00000161. The van der Waals surface area contributed by atoms with Crippen LogP contribution in [-0.2, 0) is 6.54 Å². The van der Waals surface area contributed by atoms with E-state index >= 15 is 0 Å². The molecule has 0 bridgehead atoms. The van der Waals surface area contributed by atoms with Crippen LogP contribution in [0.5, 0.6) is 5.75 Å². The molecule has 1 N–H and O–H groups in total. The monoisotopic (exact) mass is 310 g/mol. The van der Waals surface area contributed by atoms with Crippen LogP contribution in [0.15, 0.2) is 18.2 Å². The Morgan fingerprint density at radius 3 is 2.81 bits per heavy atom. The number of hydrogen-bond donors (Lipinski definition) is 1. The van der Waals surface area contributed by atoms with Crippen LogP contribution in [0.25, 0.3) is 0 Å². The van der Waals surface area contributed by atoms with Gasteiger partial charge in [0.15, 0.2) is 0 Å². The normalized spacial score (nSPS) is 18.3. The number of hydrogen-bond acceptors (Lipinski definition) is 3. The molecule has 3 rings (SSSR count). The number of halogens is 1. The number of carbonyl (C=O) groups is 1. The van der Waals surface area contributed by atoms with Gasteiger partial charge in [0.1, 0.15) is 5.75 Å². The van der Waals surface area contributed by atoms with Gasteiger partial charge in [-0.1, -0.05) is 6.07 Å². The molecule has 1 saturated heterocycles. The Morgan fingerprint density at radius 1 is 1.33 bits per heavy atom. The molecule has 1 aromatic rings. The summed E-state index contributed by atoms with van der Waals surface area (Å²) in [5, 5.41) is 3.37. The van der Waals surface area contributed by atoms with Crippen LogP contribution in [0.1, 0.15) is 35.7 Å².